The Balaban J connectivity index is 1.25. The maximum atomic E-state index is 12.8. The van der Waals surface area contributed by atoms with Gasteiger partial charge in [0.1, 0.15) is 37.4 Å². The lowest BCUT2D eigenvalue weighted by atomic mass is 10.2. The SMILES string of the molecule is O=C(Cn1c(COc2ccccc2)nc2ccccc21)NC[C@@H]1COc2ccccc2O1. The lowest BCUT2D eigenvalue weighted by molar-refractivity contribution is -0.122. The van der Waals surface area contributed by atoms with E-state index in [1.807, 2.05) is 83.4 Å². The number of fused-ring (bicyclic) bond motifs is 2. The van der Waals surface area contributed by atoms with Gasteiger partial charge in [-0.25, -0.2) is 4.98 Å². The zero-order chi connectivity index (χ0) is 21.8. The number of amides is 1. The van der Waals surface area contributed by atoms with E-state index in [9.17, 15) is 4.79 Å². The van der Waals surface area contributed by atoms with Crippen LogP contribution < -0.4 is 19.5 Å². The van der Waals surface area contributed by atoms with Crippen LogP contribution in [-0.4, -0.2) is 34.7 Å². The third kappa shape index (κ3) is 4.37. The van der Waals surface area contributed by atoms with E-state index in [2.05, 4.69) is 10.3 Å². The molecule has 1 atom stereocenters. The smallest absolute Gasteiger partial charge is 0.240 e. The molecule has 0 unspecified atom stereocenters. The Hall–Kier alpha value is -4.00. The maximum Gasteiger partial charge on any atom is 0.240 e. The highest BCUT2D eigenvalue weighted by molar-refractivity contribution is 5.81. The van der Waals surface area contributed by atoms with E-state index in [1.165, 1.54) is 0 Å². The van der Waals surface area contributed by atoms with Crippen molar-refractivity contribution >= 4 is 16.9 Å². The third-order valence-corrected chi connectivity index (χ3v) is 5.24. The van der Waals surface area contributed by atoms with E-state index < -0.39 is 0 Å². The molecule has 3 aromatic carbocycles. The number of imidazole rings is 1. The summed E-state index contributed by atoms with van der Waals surface area (Å²) in [5.74, 6) is 2.74. The number of carbonyl (C=O) groups is 1. The van der Waals surface area contributed by atoms with Gasteiger partial charge in [0, 0.05) is 0 Å². The highest BCUT2D eigenvalue weighted by atomic mass is 16.6. The standard InChI is InChI=1S/C25H23N3O4/c29-25(26-14-19-16-31-22-12-6-7-13-23(22)32-19)15-28-21-11-5-4-10-20(21)27-24(28)17-30-18-8-2-1-3-9-18/h1-13,19H,14-17H2,(H,26,29)/t19-/m1/s1. The summed E-state index contributed by atoms with van der Waals surface area (Å²) in [7, 11) is 0. The number of nitrogens with zero attached hydrogens (tertiary/aromatic N) is 2. The molecular formula is C25H23N3O4. The van der Waals surface area contributed by atoms with Gasteiger partial charge in [0.2, 0.25) is 5.91 Å². The molecule has 0 radical (unpaired) electrons. The average molecular weight is 429 g/mol. The molecular weight excluding hydrogens is 406 g/mol. The number of carbonyl (C=O) groups excluding carboxylic acids is 1. The van der Waals surface area contributed by atoms with E-state index in [0.29, 0.717) is 24.7 Å². The van der Waals surface area contributed by atoms with Crippen LogP contribution in [0.4, 0.5) is 0 Å². The summed E-state index contributed by atoms with van der Waals surface area (Å²) in [6.45, 7) is 1.15. The Morgan fingerprint density at radius 2 is 1.75 bits per heavy atom. The summed E-state index contributed by atoms with van der Waals surface area (Å²) < 4.78 is 19.4. The number of hydrogen-bond acceptors (Lipinski definition) is 5. The van der Waals surface area contributed by atoms with Crippen molar-refractivity contribution in [2.75, 3.05) is 13.2 Å². The van der Waals surface area contributed by atoms with E-state index >= 15 is 0 Å². The van der Waals surface area contributed by atoms with Gasteiger partial charge in [-0.15, -0.1) is 0 Å². The van der Waals surface area contributed by atoms with Crippen molar-refractivity contribution in [1.29, 1.82) is 0 Å². The Labute approximate surface area is 185 Å². The van der Waals surface area contributed by atoms with Crippen molar-refractivity contribution in [2.45, 2.75) is 19.3 Å². The highest BCUT2D eigenvalue weighted by Crippen LogP contribution is 2.30. The summed E-state index contributed by atoms with van der Waals surface area (Å²) >= 11 is 0. The predicted octanol–water partition coefficient (Wildman–Crippen LogP) is 3.57. The summed E-state index contributed by atoms with van der Waals surface area (Å²) in [5, 5.41) is 2.95. The first-order chi connectivity index (χ1) is 15.8. The first-order valence-electron chi connectivity index (χ1n) is 10.5. The Kier molecular flexibility index (Phi) is 5.61. The normalized spacial score (nSPS) is 14.8. The van der Waals surface area contributed by atoms with Crippen LogP contribution >= 0.6 is 0 Å². The fraction of sp³-hybridized carbons (Fsp3) is 0.200. The number of aromatic nitrogens is 2. The summed E-state index contributed by atoms with van der Waals surface area (Å²) in [6.07, 6.45) is -0.241. The minimum atomic E-state index is -0.241. The average Bonchev–Trinajstić information content (AvgIpc) is 3.19. The van der Waals surface area contributed by atoms with Gasteiger partial charge in [-0.1, -0.05) is 42.5 Å². The molecule has 0 fully saturated rings. The minimum Gasteiger partial charge on any atom is -0.486 e. The van der Waals surface area contributed by atoms with Crippen molar-refractivity contribution in [2.24, 2.45) is 0 Å². The van der Waals surface area contributed by atoms with Crippen LogP contribution in [0.1, 0.15) is 5.82 Å². The van der Waals surface area contributed by atoms with Gasteiger partial charge in [0.25, 0.3) is 0 Å². The molecule has 1 N–H and O–H groups in total. The quantitative estimate of drug-likeness (QED) is 0.486. The van der Waals surface area contributed by atoms with Crippen LogP contribution in [0.2, 0.25) is 0 Å². The zero-order valence-electron chi connectivity index (χ0n) is 17.4. The molecule has 4 aromatic rings. The topological polar surface area (TPSA) is 74.6 Å². The molecule has 0 bridgehead atoms. The zero-order valence-corrected chi connectivity index (χ0v) is 17.4. The van der Waals surface area contributed by atoms with Crippen LogP contribution in [-0.2, 0) is 17.9 Å². The van der Waals surface area contributed by atoms with Gasteiger partial charge in [0.15, 0.2) is 11.5 Å². The van der Waals surface area contributed by atoms with Crippen LogP contribution in [0, 0.1) is 0 Å². The van der Waals surface area contributed by atoms with E-state index in [4.69, 9.17) is 14.2 Å². The molecule has 1 aromatic heterocycles. The monoisotopic (exact) mass is 429 g/mol. The molecule has 7 heteroatoms. The molecule has 0 saturated heterocycles. The molecule has 0 aliphatic carbocycles. The lowest BCUT2D eigenvalue weighted by Gasteiger charge is -2.26. The molecule has 0 spiro atoms. The first kappa shape index (κ1) is 19.9. The van der Waals surface area contributed by atoms with Crippen molar-refractivity contribution < 1.29 is 19.0 Å². The fourth-order valence-corrected chi connectivity index (χ4v) is 3.67. The molecule has 2 heterocycles. The lowest BCUT2D eigenvalue weighted by Crippen LogP contribution is -2.41. The second kappa shape index (κ2) is 9.01. The third-order valence-electron chi connectivity index (χ3n) is 5.24. The van der Waals surface area contributed by atoms with Crippen LogP contribution in [0.5, 0.6) is 17.2 Å². The van der Waals surface area contributed by atoms with Gasteiger partial charge in [-0.05, 0) is 36.4 Å². The Morgan fingerprint density at radius 1 is 1.00 bits per heavy atom. The number of nitrogens with one attached hydrogen (secondary N) is 1. The number of ether oxygens (including phenoxy) is 3. The van der Waals surface area contributed by atoms with Crippen LogP contribution in [0.25, 0.3) is 11.0 Å². The van der Waals surface area contributed by atoms with E-state index in [0.717, 1.165) is 22.5 Å². The van der Waals surface area contributed by atoms with Crippen molar-refractivity contribution in [1.82, 2.24) is 14.9 Å². The van der Waals surface area contributed by atoms with Gasteiger partial charge in [-0.2, -0.15) is 0 Å². The van der Waals surface area contributed by atoms with Crippen LogP contribution in [0.3, 0.4) is 0 Å². The number of benzene rings is 3. The highest BCUT2D eigenvalue weighted by Gasteiger charge is 2.21. The number of para-hydroxylation sites is 5. The molecule has 5 rings (SSSR count). The van der Waals surface area contributed by atoms with E-state index in [1.54, 1.807) is 0 Å². The molecule has 1 aliphatic rings. The summed E-state index contributed by atoms with van der Waals surface area (Å²) in [4.78, 5) is 17.4. The maximum absolute atomic E-state index is 12.8. The first-order valence-corrected chi connectivity index (χ1v) is 10.5. The second-order valence-corrected chi connectivity index (χ2v) is 7.51. The minimum absolute atomic E-state index is 0.128. The van der Waals surface area contributed by atoms with Gasteiger partial charge in [0.05, 0.1) is 17.6 Å². The molecule has 32 heavy (non-hydrogen) atoms. The van der Waals surface area contributed by atoms with Crippen molar-refractivity contribution in [3.05, 3.63) is 84.7 Å². The molecule has 1 aliphatic heterocycles. The Morgan fingerprint density at radius 3 is 2.62 bits per heavy atom. The summed E-state index contributed by atoms with van der Waals surface area (Å²) in [5.41, 5.74) is 1.72. The van der Waals surface area contributed by atoms with E-state index in [-0.39, 0.29) is 25.2 Å². The number of rotatable bonds is 7. The molecule has 1 amide bonds. The molecule has 162 valence electrons. The van der Waals surface area contributed by atoms with Crippen LogP contribution in [0.15, 0.2) is 78.9 Å². The number of hydrogen-bond donors (Lipinski definition) is 1. The fourth-order valence-electron chi connectivity index (χ4n) is 3.67. The molecule has 7 nitrogen and oxygen atoms in total. The second-order valence-electron chi connectivity index (χ2n) is 7.51. The Bertz CT molecular complexity index is 1220. The largest absolute Gasteiger partial charge is 0.486 e. The molecule has 0 saturated carbocycles. The summed E-state index contributed by atoms with van der Waals surface area (Å²) in [6, 6.07) is 24.8. The van der Waals surface area contributed by atoms with Gasteiger partial charge in [-0.3, -0.25) is 4.79 Å². The van der Waals surface area contributed by atoms with Gasteiger partial charge >= 0.3 is 0 Å². The predicted molar refractivity (Wildman–Crippen MR) is 120 cm³/mol. The van der Waals surface area contributed by atoms with Crippen molar-refractivity contribution in [3.8, 4) is 17.2 Å². The van der Waals surface area contributed by atoms with Gasteiger partial charge < -0.3 is 24.1 Å². The van der Waals surface area contributed by atoms with Crippen molar-refractivity contribution in [3.63, 3.8) is 0 Å².